The topological polar surface area (TPSA) is 50.9 Å². The molecule has 1 aliphatic heterocycles. The molecule has 0 saturated carbocycles. The van der Waals surface area contributed by atoms with Gasteiger partial charge in [-0.2, -0.15) is 5.10 Å². The lowest BCUT2D eigenvalue weighted by Gasteiger charge is -2.16. The van der Waals surface area contributed by atoms with Gasteiger partial charge in [0.05, 0.1) is 12.6 Å². The van der Waals surface area contributed by atoms with Gasteiger partial charge in [-0.15, -0.1) is 0 Å². The van der Waals surface area contributed by atoms with E-state index in [2.05, 4.69) is 32.1 Å². The van der Waals surface area contributed by atoms with Gasteiger partial charge in [0.2, 0.25) is 0 Å². The van der Waals surface area contributed by atoms with Crippen LogP contribution in [-0.4, -0.2) is 26.0 Å². The number of halogens is 1. The number of hydrogen-bond acceptors (Lipinski definition) is 3. The molecular weight excluding hydrogens is 294 g/mol. The third-order valence-corrected chi connectivity index (χ3v) is 3.96. The van der Waals surface area contributed by atoms with Crippen LogP contribution in [0.5, 0.6) is 0 Å². The molecule has 4 nitrogen and oxygen atoms in total. The van der Waals surface area contributed by atoms with Crippen LogP contribution in [0.1, 0.15) is 23.6 Å². The molecule has 1 aromatic carbocycles. The average Bonchev–Trinajstić information content (AvgIpc) is 2.73. The van der Waals surface area contributed by atoms with Crippen LogP contribution in [0.3, 0.4) is 0 Å². The number of nitrogens with zero attached hydrogens (tertiary/aromatic N) is 3. The SMILES string of the molecule is OC1CCc2nc(Cc3ccccc3Br)nn2C1. The summed E-state index contributed by atoms with van der Waals surface area (Å²) in [6.07, 6.45) is 2.03. The Morgan fingerprint density at radius 2 is 2.22 bits per heavy atom. The van der Waals surface area contributed by atoms with Gasteiger partial charge in [0.15, 0.2) is 5.82 Å². The number of aryl methyl sites for hydroxylation is 1. The largest absolute Gasteiger partial charge is 0.391 e. The van der Waals surface area contributed by atoms with E-state index in [1.807, 2.05) is 22.9 Å². The van der Waals surface area contributed by atoms with Gasteiger partial charge in [0.1, 0.15) is 5.82 Å². The molecule has 5 heteroatoms. The van der Waals surface area contributed by atoms with Crippen molar-refractivity contribution < 1.29 is 5.11 Å². The molecule has 1 aliphatic rings. The van der Waals surface area contributed by atoms with Gasteiger partial charge < -0.3 is 5.11 Å². The van der Waals surface area contributed by atoms with E-state index in [1.54, 1.807) is 0 Å². The van der Waals surface area contributed by atoms with Crippen molar-refractivity contribution in [3.63, 3.8) is 0 Å². The average molecular weight is 308 g/mol. The summed E-state index contributed by atoms with van der Waals surface area (Å²) in [6, 6.07) is 8.10. The molecule has 0 aliphatic carbocycles. The first-order valence-corrected chi connectivity index (χ1v) is 6.86. The first-order chi connectivity index (χ1) is 8.72. The van der Waals surface area contributed by atoms with E-state index in [9.17, 15) is 5.11 Å². The minimum atomic E-state index is -0.282. The first-order valence-electron chi connectivity index (χ1n) is 6.06. The minimum Gasteiger partial charge on any atom is -0.391 e. The fourth-order valence-electron chi connectivity index (χ4n) is 2.23. The summed E-state index contributed by atoms with van der Waals surface area (Å²) in [6.45, 7) is 0.568. The molecule has 2 aromatic rings. The molecule has 94 valence electrons. The zero-order chi connectivity index (χ0) is 12.5. The predicted octanol–water partition coefficient (Wildman–Crippen LogP) is 1.94. The Balaban J connectivity index is 1.84. The number of hydrogen-bond donors (Lipinski definition) is 1. The minimum absolute atomic E-state index is 0.282. The lowest BCUT2D eigenvalue weighted by molar-refractivity contribution is 0.124. The Hall–Kier alpha value is -1.20. The molecule has 0 amide bonds. The summed E-state index contributed by atoms with van der Waals surface area (Å²) in [5.41, 5.74) is 1.18. The summed E-state index contributed by atoms with van der Waals surface area (Å²) >= 11 is 3.53. The van der Waals surface area contributed by atoms with Gasteiger partial charge in [0.25, 0.3) is 0 Å². The lowest BCUT2D eigenvalue weighted by atomic mass is 10.1. The predicted molar refractivity (Wildman–Crippen MR) is 71.3 cm³/mol. The van der Waals surface area contributed by atoms with Crippen LogP contribution in [0.4, 0.5) is 0 Å². The van der Waals surface area contributed by atoms with Crippen molar-refractivity contribution in [3.8, 4) is 0 Å². The fraction of sp³-hybridized carbons (Fsp3) is 0.385. The van der Waals surface area contributed by atoms with Crippen molar-refractivity contribution in [1.82, 2.24) is 14.8 Å². The monoisotopic (exact) mass is 307 g/mol. The lowest BCUT2D eigenvalue weighted by Crippen LogP contribution is -2.25. The number of aliphatic hydroxyl groups is 1. The van der Waals surface area contributed by atoms with Crippen LogP contribution in [0.25, 0.3) is 0 Å². The van der Waals surface area contributed by atoms with Crippen LogP contribution >= 0.6 is 15.9 Å². The van der Waals surface area contributed by atoms with E-state index in [1.165, 1.54) is 5.56 Å². The number of benzene rings is 1. The molecule has 0 spiro atoms. The van der Waals surface area contributed by atoms with E-state index >= 15 is 0 Å². The third kappa shape index (κ3) is 2.33. The van der Waals surface area contributed by atoms with Crippen molar-refractivity contribution in [1.29, 1.82) is 0 Å². The Kier molecular flexibility index (Phi) is 3.18. The van der Waals surface area contributed by atoms with Crippen molar-refractivity contribution in [2.24, 2.45) is 0 Å². The van der Waals surface area contributed by atoms with Gasteiger partial charge in [-0.05, 0) is 18.1 Å². The molecule has 0 bridgehead atoms. The maximum absolute atomic E-state index is 9.60. The highest BCUT2D eigenvalue weighted by atomic mass is 79.9. The molecule has 2 heterocycles. The maximum atomic E-state index is 9.60. The Morgan fingerprint density at radius 3 is 3.06 bits per heavy atom. The highest BCUT2D eigenvalue weighted by Gasteiger charge is 2.19. The Morgan fingerprint density at radius 1 is 1.39 bits per heavy atom. The van der Waals surface area contributed by atoms with Gasteiger partial charge in [0, 0.05) is 17.3 Å². The second kappa shape index (κ2) is 4.82. The van der Waals surface area contributed by atoms with Gasteiger partial charge in [-0.3, -0.25) is 0 Å². The molecular formula is C13H14BrN3O. The molecule has 0 radical (unpaired) electrons. The summed E-state index contributed by atoms with van der Waals surface area (Å²) in [4.78, 5) is 4.54. The van der Waals surface area contributed by atoms with E-state index in [-0.39, 0.29) is 6.10 Å². The quantitative estimate of drug-likeness (QED) is 0.922. The number of fused-ring (bicyclic) bond motifs is 1. The van der Waals surface area contributed by atoms with Gasteiger partial charge in [-0.1, -0.05) is 34.1 Å². The van der Waals surface area contributed by atoms with E-state index in [0.29, 0.717) is 6.54 Å². The van der Waals surface area contributed by atoms with Crippen LogP contribution in [0, 0.1) is 0 Å². The van der Waals surface area contributed by atoms with Gasteiger partial charge in [-0.25, -0.2) is 9.67 Å². The molecule has 1 N–H and O–H groups in total. The number of rotatable bonds is 2. The molecule has 0 saturated heterocycles. The first kappa shape index (κ1) is 11.9. The second-order valence-electron chi connectivity index (χ2n) is 4.59. The van der Waals surface area contributed by atoms with Crippen LogP contribution < -0.4 is 0 Å². The van der Waals surface area contributed by atoms with Crippen molar-refractivity contribution in [2.75, 3.05) is 0 Å². The van der Waals surface area contributed by atoms with Crippen LogP contribution in [0.2, 0.25) is 0 Å². The normalized spacial score (nSPS) is 18.7. The summed E-state index contributed by atoms with van der Waals surface area (Å²) in [7, 11) is 0. The van der Waals surface area contributed by atoms with E-state index in [0.717, 1.165) is 35.4 Å². The molecule has 1 aromatic heterocycles. The standard InChI is InChI=1S/C13H14BrN3O/c14-11-4-2-1-3-9(11)7-12-15-13-6-5-10(18)8-17(13)16-12/h1-4,10,18H,5-8H2. The zero-order valence-electron chi connectivity index (χ0n) is 9.88. The fourth-order valence-corrected chi connectivity index (χ4v) is 2.66. The maximum Gasteiger partial charge on any atom is 0.155 e. The zero-order valence-corrected chi connectivity index (χ0v) is 11.5. The highest BCUT2D eigenvalue weighted by molar-refractivity contribution is 9.10. The van der Waals surface area contributed by atoms with Crippen LogP contribution in [-0.2, 0) is 19.4 Å². The van der Waals surface area contributed by atoms with Crippen molar-refractivity contribution in [3.05, 3.63) is 46.0 Å². The molecule has 1 atom stereocenters. The summed E-state index contributed by atoms with van der Waals surface area (Å²) in [5.74, 6) is 1.81. The molecule has 0 fully saturated rings. The Labute approximate surface area is 114 Å². The number of aromatic nitrogens is 3. The summed E-state index contributed by atoms with van der Waals surface area (Å²) < 4.78 is 2.91. The van der Waals surface area contributed by atoms with Crippen molar-refractivity contribution in [2.45, 2.75) is 31.9 Å². The molecule has 3 rings (SSSR count). The number of aliphatic hydroxyl groups excluding tert-OH is 1. The van der Waals surface area contributed by atoms with E-state index < -0.39 is 0 Å². The molecule has 18 heavy (non-hydrogen) atoms. The Bertz CT molecular complexity index is 567. The van der Waals surface area contributed by atoms with Crippen LogP contribution in [0.15, 0.2) is 28.7 Å². The molecule has 1 unspecified atom stereocenters. The van der Waals surface area contributed by atoms with Gasteiger partial charge >= 0.3 is 0 Å². The third-order valence-electron chi connectivity index (χ3n) is 3.18. The second-order valence-corrected chi connectivity index (χ2v) is 5.44. The smallest absolute Gasteiger partial charge is 0.155 e. The summed E-state index contributed by atoms with van der Waals surface area (Å²) in [5, 5.41) is 14.1. The highest BCUT2D eigenvalue weighted by Crippen LogP contribution is 2.19. The van der Waals surface area contributed by atoms with Crippen molar-refractivity contribution >= 4 is 15.9 Å². The van der Waals surface area contributed by atoms with E-state index in [4.69, 9.17) is 0 Å².